The Bertz CT molecular complexity index is 764. The molecule has 6 nitrogen and oxygen atoms in total. The lowest BCUT2D eigenvalue weighted by Gasteiger charge is -2.12. The van der Waals surface area contributed by atoms with Crippen molar-refractivity contribution in [2.45, 2.75) is 6.92 Å². The minimum Gasteiger partial charge on any atom is -0.482 e. The normalized spacial score (nSPS) is 10.0. The third-order valence-corrected chi connectivity index (χ3v) is 4.06. The topological polar surface area (TPSA) is 76.7 Å². The second-order valence-corrected chi connectivity index (χ2v) is 6.08. The molecule has 0 aromatic heterocycles. The Kier molecular flexibility index (Phi) is 6.82. The first-order valence-electron chi connectivity index (χ1n) is 7.58. The van der Waals surface area contributed by atoms with Crippen molar-refractivity contribution >= 4 is 39.2 Å². The minimum absolute atomic E-state index is 0.130. The van der Waals surface area contributed by atoms with Crippen LogP contribution in [0.4, 0.5) is 11.4 Å². The predicted octanol–water partition coefficient (Wildman–Crippen LogP) is 3.36. The molecule has 2 rings (SSSR count). The van der Waals surface area contributed by atoms with Crippen LogP contribution in [0, 0.1) is 6.92 Å². The molecule has 0 aliphatic rings. The lowest BCUT2D eigenvalue weighted by molar-refractivity contribution is -0.142. The quantitative estimate of drug-likeness (QED) is 0.689. The van der Waals surface area contributed by atoms with Gasteiger partial charge in [-0.1, -0.05) is 12.1 Å². The second-order valence-electron chi connectivity index (χ2n) is 5.22. The van der Waals surface area contributed by atoms with Crippen LogP contribution in [-0.4, -0.2) is 32.1 Å². The van der Waals surface area contributed by atoms with Crippen LogP contribution < -0.4 is 15.4 Å². The molecule has 0 spiro atoms. The summed E-state index contributed by atoms with van der Waals surface area (Å²) in [6.07, 6.45) is 0. The van der Waals surface area contributed by atoms with E-state index in [1.54, 1.807) is 18.2 Å². The Morgan fingerprint density at radius 1 is 1.12 bits per heavy atom. The molecule has 25 heavy (non-hydrogen) atoms. The number of hydrogen-bond acceptors (Lipinski definition) is 5. The SMILES string of the molecule is COC(=O)COc1ccc(NCC(=O)Nc2ccccc2Br)c(C)c1. The number of carbonyl (C=O) groups excluding carboxylic acids is 2. The number of anilines is 2. The number of halogens is 1. The molecule has 0 saturated heterocycles. The van der Waals surface area contributed by atoms with Crippen molar-refractivity contribution in [1.82, 2.24) is 0 Å². The van der Waals surface area contributed by atoms with E-state index in [9.17, 15) is 9.59 Å². The first kappa shape index (κ1) is 18.8. The van der Waals surface area contributed by atoms with E-state index in [0.717, 1.165) is 21.4 Å². The maximum absolute atomic E-state index is 12.1. The third kappa shape index (κ3) is 5.79. The summed E-state index contributed by atoms with van der Waals surface area (Å²) in [5.74, 6) is -0.0352. The Morgan fingerprint density at radius 2 is 1.88 bits per heavy atom. The number of benzene rings is 2. The average molecular weight is 407 g/mol. The van der Waals surface area contributed by atoms with Crippen molar-refractivity contribution in [2.75, 3.05) is 30.9 Å². The number of rotatable bonds is 7. The van der Waals surface area contributed by atoms with Gasteiger partial charge in [0.15, 0.2) is 6.61 Å². The molecule has 0 heterocycles. The molecule has 2 aromatic rings. The molecular weight excluding hydrogens is 388 g/mol. The van der Waals surface area contributed by atoms with Gasteiger partial charge >= 0.3 is 5.97 Å². The first-order valence-corrected chi connectivity index (χ1v) is 8.37. The highest BCUT2D eigenvalue weighted by Gasteiger charge is 2.07. The molecule has 0 aliphatic heterocycles. The zero-order valence-electron chi connectivity index (χ0n) is 14.0. The number of aryl methyl sites for hydroxylation is 1. The van der Waals surface area contributed by atoms with E-state index in [0.29, 0.717) is 5.75 Å². The van der Waals surface area contributed by atoms with Crippen molar-refractivity contribution < 1.29 is 19.1 Å². The Hall–Kier alpha value is -2.54. The summed E-state index contributed by atoms with van der Waals surface area (Å²) >= 11 is 3.39. The standard InChI is InChI=1S/C18H19BrN2O4/c1-12-9-13(25-11-18(23)24-2)7-8-15(12)20-10-17(22)21-16-6-4-3-5-14(16)19/h3-9,20H,10-11H2,1-2H3,(H,21,22). The van der Waals surface area contributed by atoms with Gasteiger partial charge in [0.1, 0.15) is 5.75 Å². The monoisotopic (exact) mass is 406 g/mol. The Morgan fingerprint density at radius 3 is 2.56 bits per heavy atom. The van der Waals surface area contributed by atoms with Crippen molar-refractivity contribution in [1.29, 1.82) is 0 Å². The molecule has 1 amide bonds. The summed E-state index contributed by atoms with van der Waals surface area (Å²) in [5.41, 5.74) is 2.43. The van der Waals surface area contributed by atoms with Crippen LogP contribution in [-0.2, 0) is 14.3 Å². The van der Waals surface area contributed by atoms with Crippen LogP contribution >= 0.6 is 15.9 Å². The van der Waals surface area contributed by atoms with Gasteiger partial charge in [0.05, 0.1) is 19.3 Å². The largest absolute Gasteiger partial charge is 0.482 e. The van der Waals surface area contributed by atoms with Crippen LogP contribution in [0.15, 0.2) is 46.9 Å². The van der Waals surface area contributed by atoms with Gasteiger partial charge in [-0.15, -0.1) is 0 Å². The molecule has 0 atom stereocenters. The molecule has 0 saturated carbocycles. The van der Waals surface area contributed by atoms with Gasteiger partial charge in [0, 0.05) is 10.2 Å². The number of carbonyl (C=O) groups is 2. The van der Waals surface area contributed by atoms with Crippen LogP contribution in [0.2, 0.25) is 0 Å². The average Bonchev–Trinajstić information content (AvgIpc) is 2.60. The summed E-state index contributed by atoms with van der Waals surface area (Å²) < 4.78 is 10.7. The van der Waals surface area contributed by atoms with Crippen LogP contribution in [0.25, 0.3) is 0 Å². The van der Waals surface area contributed by atoms with Gasteiger partial charge in [-0.25, -0.2) is 4.79 Å². The number of amides is 1. The highest BCUT2D eigenvalue weighted by atomic mass is 79.9. The molecule has 2 aromatic carbocycles. The molecule has 7 heteroatoms. The maximum Gasteiger partial charge on any atom is 0.343 e. The summed E-state index contributed by atoms with van der Waals surface area (Å²) in [6, 6.07) is 12.7. The van der Waals surface area contributed by atoms with E-state index in [2.05, 4.69) is 31.3 Å². The van der Waals surface area contributed by atoms with Gasteiger partial charge in [-0.2, -0.15) is 0 Å². The molecule has 0 bridgehead atoms. The molecular formula is C18H19BrN2O4. The number of ether oxygens (including phenoxy) is 2. The number of nitrogens with one attached hydrogen (secondary N) is 2. The highest BCUT2D eigenvalue weighted by Crippen LogP contribution is 2.22. The highest BCUT2D eigenvalue weighted by molar-refractivity contribution is 9.10. The molecule has 132 valence electrons. The smallest absolute Gasteiger partial charge is 0.343 e. The van der Waals surface area contributed by atoms with Crippen molar-refractivity contribution in [3.05, 3.63) is 52.5 Å². The van der Waals surface area contributed by atoms with Crippen molar-refractivity contribution in [3.8, 4) is 5.75 Å². The second kappa shape index (κ2) is 9.08. The van der Waals surface area contributed by atoms with Crippen LogP contribution in [0.3, 0.4) is 0 Å². The van der Waals surface area contributed by atoms with E-state index in [1.165, 1.54) is 7.11 Å². The van der Waals surface area contributed by atoms with Gasteiger partial charge in [-0.3, -0.25) is 4.79 Å². The van der Waals surface area contributed by atoms with Crippen molar-refractivity contribution in [3.63, 3.8) is 0 Å². The zero-order valence-corrected chi connectivity index (χ0v) is 15.6. The summed E-state index contributed by atoms with van der Waals surface area (Å²) in [6.45, 7) is 1.88. The van der Waals surface area contributed by atoms with Crippen LogP contribution in [0.1, 0.15) is 5.56 Å². The van der Waals surface area contributed by atoms with E-state index in [4.69, 9.17) is 4.74 Å². The van der Waals surface area contributed by atoms with Gasteiger partial charge < -0.3 is 20.1 Å². The number of hydrogen-bond donors (Lipinski definition) is 2. The summed E-state index contributed by atoms with van der Waals surface area (Å²) in [4.78, 5) is 23.1. The van der Waals surface area contributed by atoms with Gasteiger partial charge in [-0.05, 0) is 58.7 Å². The van der Waals surface area contributed by atoms with Gasteiger partial charge in [0.2, 0.25) is 5.91 Å². The molecule has 2 N–H and O–H groups in total. The maximum atomic E-state index is 12.1. The lowest BCUT2D eigenvalue weighted by Crippen LogP contribution is -2.22. The first-order chi connectivity index (χ1) is 12.0. The van der Waals surface area contributed by atoms with E-state index in [1.807, 2.05) is 31.2 Å². The van der Waals surface area contributed by atoms with Crippen molar-refractivity contribution in [2.24, 2.45) is 0 Å². The minimum atomic E-state index is -0.441. The summed E-state index contributed by atoms with van der Waals surface area (Å²) in [5, 5.41) is 5.91. The fraction of sp³-hybridized carbons (Fsp3) is 0.222. The Labute approximate surface area is 154 Å². The summed E-state index contributed by atoms with van der Waals surface area (Å²) in [7, 11) is 1.31. The fourth-order valence-corrected chi connectivity index (χ4v) is 2.44. The van der Waals surface area contributed by atoms with Gasteiger partial charge in [0.25, 0.3) is 0 Å². The molecule has 0 unspecified atom stereocenters. The fourth-order valence-electron chi connectivity index (χ4n) is 2.06. The number of esters is 1. The van der Waals surface area contributed by atoms with E-state index < -0.39 is 5.97 Å². The third-order valence-electron chi connectivity index (χ3n) is 3.37. The predicted molar refractivity (Wildman–Crippen MR) is 100.0 cm³/mol. The van der Waals surface area contributed by atoms with E-state index >= 15 is 0 Å². The zero-order chi connectivity index (χ0) is 18.2. The molecule has 0 fully saturated rings. The lowest BCUT2D eigenvalue weighted by atomic mass is 10.2. The van der Waals surface area contributed by atoms with Crippen LogP contribution in [0.5, 0.6) is 5.75 Å². The number of para-hydroxylation sites is 1. The Balaban J connectivity index is 1.89. The molecule has 0 aliphatic carbocycles. The molecule has 0 radical (unpaired) electrons. The van der Waals surface area contributed by atoms with E-state index in [-0.39, 0.29) is 19.1 Å². The number of methoxy groups -OCH3 is 1.